The number of phenols is 1. The van der Waals surface area contributed by atoms with Gasteiger partial charge in [-0.3, -0.25) is 4.79 Å². The van der Waals surface area contributed by atoms with Gasteiger partial charge in [0.05, 0.1) is 29.7 Å². The number of hydrogen-bond acceptors (Lipinski definition) is 2. The molecule has 1 aliphatic rings. The van der Waals surface area contributed by atoms with Crippen LogP contribution in [-0.4, -0.2) is 36.2 Å². The van der Waals surface area contributed by atoms with E-state index in [2.05, 4.69) is 19.2 Å². The molecule has 0 bridgehead atoms. The summed E-state index contributed by atoms with van der Waals surface area (Å²) in [4.78, 5) is 13.8. The molecule has 1 amide bonds. The summed E-state index contributed by atoms with van der Waals surface area (Å²) < 4.78 is 0. The molecule has 1 saturated heterocycles. The second kappa shape index (κ2) is 7.07. The molecule has 0 spiro atoms. The Kier molecular flexibility index (Phi) is 5.59. The molecular weight excluding hydrogens is 323 g/mol. The number of benzene rings is 1. The van der Waals surface area contributed by atoms with Gasteiger partial charge < -0.3 is 15.3 Å². The number of halogens is 2. The van der Waals surface area contributed by atoms with Crippen molar-refractivity contribution in [1.29, 1.82) is 0 Å². The summed E-state index contributed by atoms with van der Waals surface area (Å²) in [6.07, 6.45) is 3.79. The molecule has 6 heteroatoms. The van der Waals surface area contributed by atoms with E-state index in [0.29, 0.717) is 12.1 Å². The molecule has 0 atom stereocenters. The van der Waals surface area contributed by atoms with Gasteiger partial charge in [-0.15, -0.1) is 0 Å². The van der Waals surface area contributed by atoms with Gasteiger partial charge in [-0.05, 0) is 45.2 Å². The molecular formula is C16H23Cl2N2O2+. The largest absolute Gasteiger partial charge is 0.505 e. The number of rotatable bonds is 4. The van der Waals surface area contributed by atoms with Crippen LogP contribution in [0.5, 0.6) is 5.75 Å². The highest BCUT2D eigenvalue weighted by Gasteiger charge is 2.32. The highest BCUT2D eigenvalue weighted by Crippen LogP contribution is 2.32. The van der Waals surface area contributed by atoms with E-state index in [1.165, 1.54) is 36.3 Å². The number of nitrogens with one attached hydrogen (secondary N) is 2. The summed E-state index contributed by atoms with van der Waals surface area (Å²) in [5.74, 6) is -0.425. The van der Waals surface area contributed by atoms with Crippen LogP contribution in [0.2, 0.25) is 10.0 Å². The smallest absolute Gasteiger partial charge is 0.251 e. The predicted molar refractivity (Wildman–Crippen MR) is 89.1 cm³/mol. The molecule has 0 aliphatic carbocycles. The number of likely N-dealkylation sites (tertiary alicyclic amines) is 1. The van der Waals surface area contributed by atoms with Gasteiger partial charge in [0.25, 0.3) is 5.91 Å². The quantitative estimate of drug-likeness (QED) is 0.784. The molecule has 4 nitrogen and oxygen atoms in total. The van der Waals surface area contributed by atoms with Gasteiger partial charge in [0.1, 0.15) is 5.54 Å². The first-order valence-corrected chi connectivity index (χ1v) is 8.38. The van der Waals surface area contributed by atoms with Crippen molar-refractivity contribution in [2.24, 2.45) is 0 Å². The van der Waals surface area contributed by atoms with Crippen molar-refractivity contribution in [1.82, 2.24) is 5.32 Å². The lowest BCUT2D eigenvalue weighted by atomic mass is 9.98. The predicted octanol–water partition coefficient (Wildman–Crippen LogP) is 2.28. The van der Waals surface area contributed by atoms with Crippen LogP contribution in [0.4, 0.5) is 0 Å². The standard InChI is InChI=1S/C16H22Cl2N2O2/c1-16(2,20-6-4-3-5-7-20)10-19-15(22)11-8-12(17)14(21)13(18)9-11/h8-9,21H,3-7,10H2,1-2H3,(H,19,22)/p+1. The highest BCUT2D eigenvalue weighted by atomic mass is 35.5. The molecule has 2 rings (SSSR count). The van der Waals surface area contributed by atoms with Crippen LogP contribution in [0.15, 0.2) is 12.1 Å². The Morgan fingerprint density at radius 2 is 1.77 bits per heavy atom. The molecule has 1 fully saturated rings. The second-order valence-corrected chi connectivity index (χ2v) is 7.33. The summed E-state index contributed by atoms with van der Waals surface area (Å²) in [6, 6.07) is 2.86. The summed E-state index contributed by atoms with van der Waals surface area (Å²) in [6.45, 7) is 7.23. The molecule has 22 heavy (non-hydrogen) atoms. The summed E-state index contributed by atoms with van der Waals surface area (Å²) in [7, 11) is 0. The van der Waals surface area contributed by atoms with E-state index in [1.54, 1.807) is 0 Å². The van der Waals surface area contributed by atoms with Crippen LogP contribution in [0.3, 0.4) is 0 Å². The lowest BCUT2D eigenvalue weighted by Gasteiger charge is -2.37. The Bertz CT molecular complexity index is 532. The fourth-order valence-corrected chi connectivity index (χ4v) is 3.37. The third-order valence-corrected chi connectivity index (χ3v) is 4.96. The van der Waals surface area contributed by atoms with Gasteiger partial charge in [-0.25, -0.2) is 0 Å². The van der Waals surface area contributed by atoms with Crippen molar-refractivity contribution < 1.29 is 14.8 Å². The van der Waals surface area contributed by atoms with Crippen molar-refractivity contribution in [3.8, 4) is 5.75 Å². The van der Waals surface area contributed by atoms with Gasteiger partial charge in [0.2, 0.25) is 0 Å². The van der Waals surface area contributed by atoms with Crippen LogP contribution >= 0.6 is 23.2 Å². The molecule has 0 aromatic heterocycles. The SMILES string of the molecule is CC(C)(CNC(=O)c1cc(Cl)c(O)c(Cl)c1)[NH+]1CCCCC1. The zero-order chi connectivity index (χ0) is 16.3. The van der Waals surface area contributed by atoms with Crippen LogP contribution in [0.1, 0.15) is 43.5 Å². The number of piperidine rings is 1. The van der Waals surface area contributed by atoms with Gasteiger partial charge in [-0.1, -0.05) is 23.2 Å². The van der Waals surface area contributed by atoms with Gasteiger partial charge in [0, 0.05) is 5.56 Å². The third-order valence-electron chi connectivity index (χ3n) is 4.38. The first-order chi connectivity index (χ1) is 10.3. The van der Waals surface area contributed by atoms with Crippen molar-refractivity contribution in [2.45, 2.75) is 38.6 Å². The first kappa shape index (κ1) is 17.4. The highest BCUT2D eigenvalue weighted by molar-refractivity contribution is 6.37. The number of carbonyl (C=O) groups excluding carboxylic acids is 1. The normalized spacial score (nSPS) is 16.5. The summed E-state index contributed by atoms with van der Waals surface area (Å²) >= 11 is 11.7. The number of phenolic OH excluding ortho intramolecular Hbond substituents is 1. The topological polar surface area (TPSA) is 53.8 Å². The Balaban J connectivity index is 2.00. The molecule has 1 aromatic rings. The van der Waals surface area contributed by atoms with Crippen LogP contribution in [0, 0.1) is 0 Å². The lowest BCUT2D eigenvalue weighted by molar-refractivity contribution is -0.951. The fraction of sp³-hybridized carbons (Fsp3) is 0.562. The molecule has 0 saturated carbocycles. The minimum atomic E-state index is -0.228. The number of amides is 1. The maximum Gasteiger partial charge on any atom is 0.251 e. The Morgan fingerprint density at radius 3 is 2.32 bits per heavy atom. The van der Waals surface area contributed by atoms with Gasteiger partial charge in [0.15, 0.2) is 5.75 Å². The average Bonchev–Trinajstić information content (AvgIpc) is 2.50. The zero-order valence-electron chi connectivity index (χ0n) is 13.0. The number of quaternary nitrogens is 1. The van der Waals surface area contributed by atoms with E-state index < -0.39 is 0 Å². The van der Waals surface area contributed by atoms with Crippen LogP contribution in [-0.2, 0) is 0 Å². The molecule has 0 unspecified atom stereocenters. The molecule has 1 heterocycles. The van der Waals surface area contributed by atoms with Crippen molar-refractivity contribution in [3.05, 3.63) is 27.7 Å². The fourth-order valence-electron chi connectivity index (χ4n) is 2.88. The Hall–Kier alpha value is -0.970. The summed E-state index contributed by atoms with van der Waals surface area (Å²) in [5.41, 5.74) is 0.345. The number of hydrogen-bond donors (Lipinski definition) is 3. The van der Waals surface area contributed by atoms with E-state index in [1.807, 2.05) is 0 Å². The first-order valence-electron chi connectivity index (χ1n) is 7.62. The van der Waals surface area contributed by atoms with Crippen LogP contribution in [0.25, 0.3) is 0 Å². The van der Waals surface area contributed by atoms with Gasteiger partial charge in [-0.2, -0.15) is 0 Å². The average molecular weight is 346 g/mol. The molecule has 0 radical (unpaired) electrons. The van der Waals surface area contributed by atoms with Crippen molar-refractivity contribution in [2.75, 3.05) is 19.6 Å². The van der Waals surface area contributed by atoms with E-state index >= 15 is 0 Å². The lowest BCUT2D eigenvalue weighted by Crippen LogP contribution is -3.20. The maximum absolute atomic E-state index is 12.3. The van der Waals surface area contributed by atoms with E-state index in [4.69, 9.17) is 23.2 Å². The van der Waals surface area contributed by atoms with Crippen molar-refractivity contribution >= 4 is 29.1 Å². The van der Waals surface area contributed by atoms with Crippen LogP contribution < -0.4 is 10.2 Å². The Labute approximate surface area is 141 Å². The molecule has 122 valence electrons. The van der Waals surface area contributed by atoms with Crippen molar-refractivity contribution in [3.63, 3.8) is 0 Å². The third kappa shape index (κ3) is 4.06. The maximum atomic E-state index is 12.3. The molecule has 3 N–H and O–H groups in total. The minimum absolute atomic E-state index is 0.0133. The Morgan fingerprint density at radius 1 is 1.23 bits per heavy atom. The van der Waals surface area contributed by atoms with Gasteiger partial charge >= 0.3 is 0 Å². The number of aromatic hydroxyl groups is 1. The zero-order valence-corrected chi connectivity index (χ0v) is 14.5. The van der Waals surface area contributed by atoms with E-state index in [-0.39, 0.29) is 27.2 Å². The molecule has 1 aliphatic heterocycles. The summed E-state index contributed by atoms with van der Waals surface area (Å²) in [5, 5.41) is 12.7. The number of carbonyl (C=O) groups is 1. The monoisotopic (exact) mass is 345 g/mol. The van der Waals surface area contributed by atoms with E-state index in [0.717, 1.165) is 13.1 Å². The molecule has 1 aromatic carbocycles. The minimum Gasteiger partial charge on any atom is -0.505 e. The second-order valence-electron chi connectivity index (χ2n) is 6.52. The van der Waals surface area contributed by atoms with E-state index in [9.17, 15) is 9.90 Å².